The lowest BCUT2D eigenvalue weighted by molar-refractivity contribution is -0.120. The van der Waals surface area contributed by atoms with Gasteiger partial charge < -0.3 is 10.2 Å². The molecule has 2 fully saturated rings. The van der Waals surface area contributed by atoms with E-state index in [0.717, 1.165) is 30.8 Å². The molecule has 2 aromatic carbocycles. The van der Waals surface area contributed by atoms with Gasteiger partial charge in [0.2, 0.25) is 15.9 Å². The highest BCUT2D eigenvalue weighted by atomic mass is 32.2. The molecule has 2 saturated heterocycles. The minimum absolute atomic E-state index is 0.0122. The Labute approximate surface area is 198 Å². The summed E-state index contributed by atoms with van der Waals surface area (Å²) >= 11 is 0. The molecular weight excluding hydrogens is 434 g/mol. The Morgan fingerprint density at radius 1 is 0.879 bits per heavy atom. The molecule has 2 aliphatic heterocycles. The number of anilines is 2. The molecule has 33 heavy (non-hydrogen) atoms. The summed E-state index contributed by atoms with van der Waals surface area (Å²) in [5, 5.41) is 3.02. The molecule has 2 aliphatic rings. The summed E-state index contributed by atoms with van der Waals surface area (Å²) in [4.78, 5) is 15.1. The molecule has 0 aliphatic carbocycles. The average Bonchev–Trinajstić information content (AvgIpc) is 2.86. The molecule has 0 spiro atoms. The van der Waals surface area contributed by atoms with E-state index in [4.69, 9.17) is 0 Å². The van der Waals surface area contributed by atoms with Crippen molar-refractivity contribution in [2.75, 3.05) is 42.1 Å². The predicted molar refractivity (Wildman–Crippen MR) is 134 cm³/mol. The van der Waals surface area contributed by atoms with Crippen LogP contribution in [0.1, 0.15) is 44.1 Å². The summed E-state index contributed by atoms with van der Waals surface area (Å²) in [6.07, 6.45) is 6.28. The Morgan fingerprint density at radius 2 is 1.55 bits per heavy atom. The second-order valence-electron chi connectivity index (χ2n) is 9.16. The number of rotatable bonds is 8. The zero-order valence-electron chi connectivity index (χ0n) is 19.3. The topological polar surface area (TPSA) is 69.7 Å². The van der Waals surface area contributed by atoms with Crippen molar-refractivity contribution >= 4 is 27.3 Å². The third-order valence-corrected chi connectivity index (χ3v) is 8.74. The Balaban J connectivity index is 1.22. The van der Waals surface area contributed by atoms with Crippen LogP contribution >= 0.6 is 0 Å². The first-order chi connectivity index (χ1) is 16.0. The van der Waals surface area contributed by atoms with Gasteiger partial charge in [0.05, 0.1) is 5.75 Å². The normalized spacial score (nSPS) is 18.2. The van der Waals surface area contributed by atoms with E-state index in [2.05, 4.69) is 22.3 Å². The van der Waals surface area contributed by atoms with Gasteiger partial charge in [-0.3, -0.25) is 4.79 Å². The number of amides is 1. The van der Waals surface area contributed by atoms with Crippen LogP contribution in [0.2, 0.25) is 0 Å². The molecule has 1 amide bonds. The monoisotopic (exact) mass is 469 g/mol. The molecule has 178 valence electrons. The van der Waals surface area contributed by atoms with Crippen LogP contribution in [0, 0.1) is 5.92 Å². The Kier molecular flexibility index (Phi) is 8.04. The minimum atomic E-state index is -3.28. The molecule has 0 unspecified atom stereocenters. The van der Waals surface area contributed by atoms with Crippen LogP contribution in [0.5, 0.6) is 0 Å². The highest BCUT2D eigenvalue weighted by molar-refractivity contribution is 7.89. The maximum Gasteiger partial charge on any atom is 0.227 e. The fraction of sp³-hybridized carbons (Fsp3) is 0.500. The Morgan fingerprint density at radius 3 is 2.21 bits per heavy atom. The summed E-state index contributed by atoms with van der Waals surface area (Å²) in [5.41, 5.74) is 3.17. The van der Waals surface area contributed by atoms with Gasteiger partial charge in [-0.05, 0) is 74.8 Å². The second kappa shape index (κ2) is 11.2. The molecule has 6 nitrogen and oxygen atoms in total. The average molecular weight is 470 g/mol. The van der Waals surface area contributed by atoms with Gasteiger partial charge >= 0.3 is 0 Å². The van der Waals surface area contributed by atoms with Crippen LogP contribution in [0.25, 0.3) is 0 Å². The molecule has 7 heteroatoms. The van der Waals surface area contributed by atoms with Crippen LogP contribution in [-0.4, -0.2) is 50.6 Å². The molecule has 4 rings (SSSR count). The van der Waals surface area contributed by atoms with E-state index in [-0.39, 0.29) is 17.6 Å². The minimum Gasteiger partial charge on any atom is -0.372 e. The molecule has 0 bridgehead atoms. The second-order valence-corrected chi connectivity index (χ2v) is 11.3. The van der Waals surface area contributed by atoms with E-state index in [9.17, 15) is 13.2 Å². The SMILES string of the molecule is O=C(Nc1ccc(N2CCCCC2)cc1)C1CCN(S(=O)(=O)CCCc2ccccc2)CC1. The number of hydrogen-bond acceptors (Lipinski definition) is 4. The maximum atomic E-state index is 12.7. The van der Waals surface area contributed by atoms with Crippen LogP contribution in [0.3, 0.4) is 0 Å². The van der Waals surface area contributed by atoms with E-state index >= 15 is 0 Å². The van der Waals surface area contributed by atoms with Crippen molar-refractivity contribution in [3.05, 3.63) is 60.2 Å². The molecular formula is C26H35N3O3S. The number of benzene rings is 2. The van der Waals surface area contributed by atoms with Crippen molar-refractivity contribution in [1.29, 1.82) is 0 Å². The third-order valence-electron chi connectivity index (χ3n) is 6.78. The molecule has 0 atom stereocenters. The first kappa shape index (κ1) is 23.8. The smallest absolute Gasteiger partial charge is 0.227 e. The highest BCUT2D eigenvalue weighted by Crippen LogP contribution is 2.24. The zero-order chi connectivity index (χ0) is 23.1. The van der Waals surface area contributed by atoms with Crippen molar-refractivity contribution < 1.29 is 13.2 Å². The first-order valence-electron chi connectivity index (χ1n) is 12.2. The third kappa shape index (κ3) is 6.58. The maximum absolute atomic E-state index is 12.7. The number of nitrogens with one attached hydrogen (secondary N) is 1. The van der Waals surface area contributed by atoms with E-state index in [0.29, 0.717) is 32.4 Å². The molecule has 2 aromatic rings. The molecule has 2 heterocycles. The van der Waals surface area contributed by atoms with Crippen molar-refractivity contribution in [3.8, 4) is 0 Å². The van der Waals surface area contributed by atoms with Gasteiger partial charge in [0.1, 0.15) is 0 Å². The fourth-order valence-corrected chi connectivity index (χ4v) is 6.32. The lowest BCUT2D eigenvalue weighted by Gasteiger charge is -2.31. The number of carbonyl (C=O) groups excluding carboxylic acids is 1. The van der Waals surface area contributed by atoms with Crippen LogP contribution in [0.15, 0.2) is 54.6 Å². The van der Waals surface area contributed by atoms with E-state index < -0.39 is 10.0 Å². The predicted octanol–water partition coefficient (Wildman–Crippen LogP) is 4.29. The number of hydrogen-bond donors (Lipinski definition) is 1. The Hall–Kier alpha value is -2.38. The first-order valence-corrected chi connectivity index (χ1v) is 13.8. The Bertz CT molecular complexity index is 995. The van der Waals surface area contributed by atoms with Gasteiger partial charge in [0, 0.05) is 43.5 Å². The van der Waals surface area contributed by atoms with E-state index in [1.807, 2.05) is 42.5 Å². The zero-order valence-corrected chi connectivity index (χ0v) is 20.1. The standard InChI is InChI=1S/C26H35N3O3S/c30-26(27-24-11-13-25(14-12-24)28-17-5-2-6-18-28)23-15-19-29(20-16-23)33(31,32)21-7-10-22-8-3-1-4-9-22/h1,3-4,8-9,11-14,23H,2,5-7,10,15-21H2,(H,27,30). The summed E-state index contributed by atoms with van der Waals surface area (Å²) in [5.74, 6) is -0.00772. The van der Waals surface area contributed by atoms with Gasteiger partial charge in [-0.25, -0.2) is 12.7 Å². The summed E-state index contributed by atoms with van der Waals surface area (Å²) in [6.45, 7) is 3.03. The lowest BCUT2D eigenvalue weighted by atomic mass is 9.97. The molecule has 0 saturated carbocycles. The van der Waals surface area contributed by atoms with Crippen molar-refractivity contribution in [2.45, 2.75) is 44.9 Å². The summed E-state index contributed by atoms with van der Waals surface area (Å²) in [7, 11) is -3.28. The van der Waals surface area contributed by atoms with Gasteiger partial charge in [-0.2, -0.15) is 0 Å². The van der Waals surface area contributed by atoms with Crippen molar-refractivity contribution in [2.24, 2.45) is 5.92 Å². The van der Waals surface area contributed by atoms with Crippen molar-refractivity contribution in [3.63, 3.8) is 0 Å². The van der Waals surface area contributed by atoms with E-state index in [1.165, 1.54) is 24.9 Å². The van der Waals surface area contributed by atoms with Crippen LogP contribution in [-0.2, 0) is 21.2 Å². The lowest BCUT2D eigenvalue weighted by Crippen LogP contribution is -2.42. The van der Waals surface area contributed by atoms with Crippen LogP contribution in [0.4, 0.5) is 11.4 Å². The number of aryl methyl sites for hydroxylation is 1. The van der Waals surface area contributed by atoms with Gasteiger partial charge in [-0.1, -0.05) is 30.3 Å². The summed E-state index contributed by atoms with van der Waals surface area (Å²) in [6, 6.07) is 18.0. The number of carbonyl (C=O) groups is 1. The number of sulfonamides is 1. The summed E-state index contributed by atoms with van der Waals surface area (Å²) < 4.78 is 27.0. The van der Waals surface area contributed by atoms with Gasteiger partial charge in [-0.15, -0.1) is 0 Å². The van der Waals surface area contributed by atoms with Gasteiger partial charge in [0.15, 0.2) is 0 Å². The number of piperidine rings is 2. The molecule has 0 aromatic heterocycles. The molecule has 0 radical (unpaired) electrons. The van der Waals surface area contributed by atoms with Crippen LogP contribution < -0.4 is 10.2 Å². The molecule has 1 N–H and O–H groups in total. The largest absolute Gasteiger partial charge is 0.372 e. The highest BCUT2D eigenvalue weighted by Gasteiger charge is 2.30. The van der Waals surface area contributed by atoms with E-state index in [1.54, 1.807) is 4.31 Å². The number of nitrogens with zero attached hydrogens (tertiary/aromatic N) is 2. The van der Waals surface area contributed by atoms with Gasteiger partial charge in [0.25, 0.3) is 0 Å². The van der Waals surface area contributed by atoms with Crippen molar-refractivity contribution in [1.82, 2.24) is 4.31 Å². The fourth-order valence-electron chi connectivity index (χ4n) is 4.78. The quantitative estimate of drug-likeness (QED) is 0.626.